The third-order valence-corrected chi connectivity index (χ3v) is 3.26. The molecule has 0 aliphatic carbocycles. The SMILES string of the molecule is CC(C)CN1CCCC1c1cccc(N)c1. The van der Waals surface area contributed by atoms with E-state index in [0.717, 1.165) is 11.6 Å². The van der Waals surface area contributed by atoms with Crippen LogP contribution in [0.4, 0.5) is 5.69 Å². The van der Waals surface area contributed by atoms with Crippen LogP contribution in [0.1, 0.15) is 38.3 Å². The van der Waals surface area contributed by atoms with Crippen molar-refractivity contribution in [1.82, 2.24) is 4.90 Å². The summed E-state index contributed by atoms with van der Waals surface area (Å²) in [5, 5.41) is 0. The van der Waals surface area contributed by atoms with Gasteiger partial charge in [0.2, 0.25) is 0 Å². The Balaban J connectivity index is 2.13. The van der Waals surface area contributed by atoms with E-state index in [4.69, 9.17) is 5.73 Å². The second-order valence-corrected chi connectivity index (χ2v) is 5.22. The van der Waals surface area contributed by atoms with Gasteiger partial charge in [-0.25, -0.2) is 0 Å². The number of nitrogens with two attached hydrogens (primary N) is 1. The molecule has 2 rings (SSSR count). The van der Waals surface area contributed by atoms with Gasteiger partial charge < -0.3 is 5.73 Å². The van der Waals surface area contributed by atoms with Crippen LogP contribution in [0.15, 0.2) is 24.3 Å². The maximum atomic E-state index is 5.85. The quantitative estimate of drug-likeness (QED) is 0.790. The van der Waals surface area contributed by atoms with Gasteiger partial charge in [0, 0.05) is 18.3 Å². The predicted octanol–water partition coefficient (Wildman–Crippen LogP) is 3.06. The molecule has 1 atom stereocenters. The van der Waals surface area contributed by atoms with Crippen molar-refractivity contribution in [3.8, 4) is 0 Å². The second-order valence-electron chi connectivity index (χ2n) is 5.22. The zero-order valence-electron chi connectivity index (χ0n) is 10.3. The van der Waals surface area contributed by atoms with Crippen LogP contribution in [-0.2, 0) is 0 Å². The number of rotatable bonds is 3. The number of nitrogens with zero attached hydrogens (tertiary/aromatic N) is 1. The van der Waals surface area contributed by atoms with E-state index in [1.807, 2.05) is 6.07 Å². The van der Waals surface area contributed by atoms with Crippen LogP contribution in [0.5, 0.6) is 0 Å². The van der Waals surface area contributed by atoms with E-state index in [1.54, 1.807) is 0 Å². The molecule has 0 saturated carbocycles. The Labute approximate surface area is 98.4 Å². The van der Waals surface area contributed by atoms with Gasteiger partial charge >= 0.3 is 0 Å². The fraction of sp³-hybridized carbons (Fsp3) is 0.571. The molecule has 1 unspecified atom stereocenters. The molecule has 0 radical (unpaired) electrons. The van der Waals surface area contributed by atoms with Gasteiger partial charge in [-0.2, -0.15) is 0 Å². The lowest BCUT2D eigenvalue weighted by Gasteiger charge is -2.26. The van der Waals surface area contributed by atoms with Crippen molar-refractivity contribution >= 4 is 5.69 Å². The summed E-state index contributed by atoms with van der Waals surface area (Å²) < 4.78 is 0. The lowest BCUT2D eigenvalue weighted by atomic mass is 10.0. The molecule has 1 heterocycles. The van der Waals surface area contributed by atoms with Crippen LogP contribution in [0.3, 0.4) is 0 Å². The van der Waals surface area contributed by atoms with Gasteiger partial charge in [-0.15, -0.1) is 0 Å². The predicted molar refractivity (Wildman–Crippen MR) is 69.2 cm³/mol. The van der Waals surface area contributed by atoms with Gasteiger partial charge in [-0.1, -0.05) is 26.0 Å². The van der Waals surface area contributed by atoms with Crippen molar-refractivity contribution in [1.29, 1.82) is 0 Å². The molecule has 1 fully saturated rings. The summed E-state index contributed by atoms with van der Waals surface area (Å²) in [6.45, 7) is 7.00. The van der Waals surface area contributed by atoms with E-state index in [9.17, 15) is 0 Å². The van der Waals surface area contributed by atoms with E-state index >= 15 is 0 Å². The largest absolute Gasteiger partial charge is 0.399 e. The number of hydrogen-bond acceptors (Lipinski definition) is 2. The normalized spacial score (nSPS) is 21.8. The third kappa shape index (κ3) is 2.56. The van der Waals surface area contributed by atoms with E-state index in [1.165, 1.54) is 31.5 Å². The Morgan fingerprint density at radius 1 is 1.44 bits per heavy atom. The van der Waals surface area contributed by atoms with Gasteiger partial charge in [0.15, 0.2) is 0 Å². The van der Waals surface area contributed by atoms with Crippen molar-refractivity contribution in [2.24, 2.45) is 5.92 Å². The summed E-state index contributed by atoms with van der Waals surface area (Å²) in [7, 11) is 0. The Hall–Kier alpha value is -1.02. The molecular weight excluding hydrogens is 196 g/mol. The molecule has 1 aliphatic heterocycles. The monoisotopic (exact) mass is 218 g/mol. The molecule has 0 amide bonds. The summed E-state index contributed by atoms with van der Waals surface area (Å²) in [6, 6.07) is 8.95. The zero-order valence-corrected chi connectivity index (χ0v) is 10.3. The van der Waals surface area contributed by atoms with Gasteiger partial charge in [-0.05, 0) is 43.0 Å². The highest BCUT2D eigenvalue weighted by molar-refractivity contribution is 5.41. The van der Waals surface area contributed by atoms with E-state index in [-0.39, 0.29) is 0 Å². The topological polar surface area (TPSA) is 29.3 Å². The number of hydrogen-bond donors (Lipinski definition) is 1. The second kappa shape index (κ2) is 4.88. The Kier molecular flexibility index (Phi) is 3.49. The molecule has 2 nitrogen and oxygen atoms in total. The molecule has 1 aromatic rings. The Bertz CT molecular complexity index is 346. The van der Waals surface area contributed by atoms with Crippen molar-refractivity contribution in [3.63, 3.8) is 0 Å². The fourth-order valence-electron chi connectivity index (χ4n) is 2.66. The van der Waals surface area contributed by atoms with Crippen LogP contribution in [0.25, 0.3) is 0 Å². The molecule has 2 heteroatoms. The first-order valence-electron chi connectivity index (χ1n) is 6.26. The van der Waals surface area contributed by atoms with Gasteiger partial charge in [0.05, 0.1) is 0 Å². The van der Waals surface area contributed by atoms with Crippen molar-refractivity contribution in [2.45, 2.75) is 32.7 Å². The van der Waals surface area contributed by atoms with Crippen LogP contribution >= 0.6 is 0 Å². The molecule has 1 saturated heterocycles. The van der Waals surface area contributed by atoms with E-state index in [2.05, 4.69) is 36.9 Å². The number of nitrogen functional groups attached to an aromatic ring is 1. The zero-order chi connectivity index (χ0) is 11.5. The fourth-order valence-corrected chi connectivity index (χ4v) is 2.66. The maximum Gasteiger partial charge on any atom is 0.0349 e. The van der Waals surface area contributed by atoms with E-state index in [0.29, 0.717) is 6.04 Å². The number of benzene rings is 1. The van der Waals surface area contributed by atoms with Crippen LogP contribution < -0.4 is 5.73 Å². The number of likely N-dealkylation sites (tertiary alicyclic amines) is 1. The summed E-state index contributed by atoms with van der Waals surface area (Å²) >= 11 is 0. The molecule has 88 valence electrons. The van der Waals surface area contributed by atoms with Crippen LogP contribution in [0.2, 0.25) is 0 Å². The molecule has 0 spiro atoms. The third-order valence-electron chi connectivity index (χ3n) is 3.26. The molecule has 2 N–H and O–H groups in total. The molecule has 16 heavy (non-hydrogen) atoms. The smallest absolute Gasteiger partial charge is 0.0349 e. The maximum absolute atomic E-state index is 5.85. The Morgan fingerprint density at radius 2 is 2.25 bits per heavy atom. The Morgan fingerprint density at radius 3 is 2.94 bits per heavy atom. The average molecular weight is 218 g/mol. The highest BCUT2D eigenvalue weighted by Crippen LogP contribution is 2.32. The van der Waals surface area contributed by atoms with Crippen molar-refractivity contribution in [2.75, 3.05) is 18.8 Å². The lowest BCUT2D eigenvalue weighted by Crippen LogP contribution is -2.27. The summed E-state index contributed by atoms with van der Waals surface area (Å²) in [4.78, 5) is 2.60. The molecule has 1 aromatic carbocycles. The first-order valence-corrected chi connectivity index (χ1v) is 6.26. The van der Waals surface area contributed by atoms with Crippen LogP contribution in [0, 0.1) is 5.92 Å². The molecule has 1 aliphatic rings. The summed E-state index contributed by atoms with van der Waals surface area (Å²) in [5.74, 6) is 0.738. The van der Waals surface area contributed by atoms with Crippen molar-refractivity contribution < 1.29 is 0 Å². The highest BCUT2D eigenvalue weighted by Gasteiger charge is 2.26. The average Bonchev–Trinajstić information content (AvgIpc) is 2.65. The highest BCUT2D eigenvalue weighted by atomic mass is 15.2. The lowest BCUT2D eigenvalue weighted by molar-refractivity contribution is 0.229. The van der Waals surface area contributed by atoms with Crippen molar-refractivity contribution in [3.05, 3.63) is 29.8 Å². The van der Waals surface area contributed by atoms with Gasteiger partial charge in [0.1, 0.15) is 0 Å². The first-order chi connectivity index (χ1) is 7.66. The summed E-state index contributed by atoms with van der Waals surface area (Å²) in [5.41, 5.74) is 8.12. The minimum absolute atomic E-state index is 0.589. The van der Waals surface area contributed by atoms with E-state index < -0.39 is 0 Å². The minimum atomic E-state index is 0.589. The standard InChI is InChI=1S/C14H22N2/c1-11(2)10-16-8-4-7-14(16)12-5-3-6-13(15)9-12/h3,5-6,9,11,14H,4,7-8,10,15H2,1-2H3. The van der Waals surface area contributed by atoms with Gasteiger partial charge in [-0.3, -0.25) is 4.90 Å². The van der Waals surface area contributed by atoms with Crippen LogP contribution in [-0.4, -0.2) is 18.0 Å². The molecular formula is C14H22N2. The summed E-state index contributed by atoms with van der Waals surface area (Å²) in [6.07, 6.45) is 2.59. The number of anilines is 1. The molecule has 0 bridgehead atoms. The molecule has 0 aromatic heterocycles. The minimum Gasteiger partial charge on any atom is -0.399 e. The van der Waals surface area contributed by atoms with Gasteiger partial charge in [0.25, 0.3) is 0 Å². The first kappa shape index (κ1) is 11.5.